The van der Waals surface area contributed by atoms with Gasteiger partial charge in [-0.15, -0.1) is 11.3 Å². The molecule has 158 valence electrons. The lowest BCUT2D eigenvalue weighted by atomic mass is 10.0. The van der Waals surface area contributed by atoms with Crippen molar-refractivity contribution >= 4 is 27.5 Å². The summed E-state index contributed by atoms with van der Waals surface area (Å²) in [6.07, 6.45) is 1.87. The van der Waals surface area contributed by atoms with Gasteiger partial charge in [0.15, 0.2) is 0 Å². The molecule has 0 aliphatic carbocycles. The molecule has 2 aliphatic heterocycles. The van der Waals surface area contributed by atoms with E-state index in [1.807, 2.05) is 30.0 Å². The molecular weight excluding hydrogens is 396 g/mol. The first-order valence-electron chi connectivity index (χ1n) is 10.3. The fourth-order valence-electron chi connectivity index (χ4n) is 4.20. The molecule has 0 spiro atoms. The second-order valence-corrected chi connectivity index (χ2v) is 9.04. The Morgan fingerprint density at radius 2 is 2.14 bits per heavy atom. The lowest BCUT2D eigenvalue weighted by Crippen LogP contribution is -2.62. The number of fused-ring (bicyclic) bond motifs is 1. The van der Waals surface area contributed by atoms with Crippen molar-refractivity contribution in [3.63, 3.8) is 0 Å². The topological polar surface area (TPSA) is 45.7 Å². The molecule has 0 unspecified atom stereocenters. The number of carbonyl (C=O) groups excluding carboxylic acids is 1. The van der Waals surface area contributed by atoms with E-state index < -0.39 is 5.92 Å². The van der Waals surface area contributed by atoms with Crippen molar-refractivity contribution in [2.24, 2.45) is 0 Å². The molecule has 1 aromatic carbocycles. The van der Waals surface area contributed by atoms with Crippen LogP contribution in [0.4, 0.5) is 8.78 Å². The first kappa shape index (κ1) is 20.6. The monoisotopic (exact) mass is 423 g/mol. The highest BCUT2D eigenvalue weighted by atomic mass is 32.1. The number of hydrogen-bond acceptors (Lipinski definition) is 5. The zero-order valence-electron chi connectivity index (χ0n) is 16.7. The van der Waals surface area contributed by atoms with Crippen LogP contribution in [0.15, 0.2) is 24.3 Å². The number of amides is 1. The summed E-state index contributed by atoms with van der Waals surface area (Å²) in [4.78, 5) is 20.7. The summed E-state index contributed by atoms with van der Waals surface area (Å²) in [6.45, 7) is 3.58. The third-order valence-corrected chi connectivity index (χ3v) is 6.83. The molecule has 2 aromatic rings. The van der Waals surface area contributed by atoms with Crippen LogP contribution in [-0.2, 0) is 16.0 Å². The summed E-state index contributed by atoms with van der Waals surface area (Å²) in [6, 6.07) is 7.80. The predicted molar refractivity (Wildman–Crippen MR) is 109 cm³/mol. The zero-order valence-corrected chi connectivity index (χ0v) is 17.5. The van der Waals surface area contributed by atoms with E-state index in [0.717, 1.165) is 23.4 Å². The second-order valence-electron chi connectivity index (χ2n) is 7.93. The van der Waals surface area contributed by atoms with Crippen molar-refractivity contribution in [1.82, 2.24) is 14.8 Å². The fraction of sp³-hybridized carbons (Fsp3) is 0.619. The summed E-state index contributed by atoms with van der Waals surface area (Å²) in [5, 5.41) is 1.05. The molecule has 0 bridgehead atoms. The summed E-state index contributed by atoms with van der Waals surface area (Å²) < 4.78 is 34.3. The highest BCUT2D eigenvalue weighted by Crippen LogP contribution is 2.35. The molecule has 29 heavy (non-hydrogen) atoms. The Morgan fingerprint density at radius 3 is 2.90 bits per heavy atom. The molecule has 5 nitrogen and oxygen atoms in total. The van der Waals surface area contributed by atoms with Crippen LogP contribution in [0.5, 0.6) is 0 Å². The smallest absolute Gasteiger partial charge is 0.262 e. The van der Waals surface area contributed by atoms with E-state index in [-0.39, 0.29) is 31.0 Å². The molecular formula is C21H27F2N3O2S. The lowest BCUT2D eigenvalue weighted by Gasteiger charge is -2.46. The fourth-order valence-corrected chi connectivity index (χ4v) is 5.21. The molecule has 0 radical (unpaired) electrons. The number of alkyl halides is 2. The largest absolute Gasteiger partial charge is 0.380 e. The van der Waals surface area contributed by atoms with Gasteiger partial charge in [-0.3, -0.25) is 9.69 Å². The molecule has 4 rings (SSSR count). The molecule has 3 heterocycles. The maximum Gasteiger partial charge on any atom is 0.262 e. The van der Waals surface area contributed by atoms with Crippen LogP contribution in [0.3, 0.4) is 0 Å². The molecule has 1 amide bonds. The number of aryl methyl sites for hydroxylation is 1. The number of benzene rings is 1. The van der Waals surface area contributed by atoms with Crippen molar-refractivity contribution in [3.8, 4) is 0 Å². The number of hydrogen-bond donors (Lipinski definition) is 0. The van der Waals surface area contributed by atoms with E-state index in [2.05, 4.69) is 11.1 Å². The van der Waals surface area contributed by atoms with Gasteiger partial charge in [0, 0.05) is 44.6 Å². The van der Waals surface area contributed by atoms with Crippen molar-refractivity contribution in [3.05, 3.63) is 29.3 Å². The van der Waals surface area contributed by atoms with Crippen LogP contribution in [0.1, 0.15) is 31.2 Å². The Kier molecular flexibility index (Phi) is 6.13. The van der Waals surface area contributed by atoms with Crippen molar-refractivity contribution in [2.75, 3.05) is 32.8 Å². The van der Waals surface area contributed by atoms with Gasteiger partial charge in [-0.05, 0) is 31.9 Å². The first-order valence-corrected chi connectivity index (χ1v) is 11.1. The molecule has 2 fully saturated rings. The van der Waals surface area contributed by atoms with Crippen LogP contribution in [0, 0.1) is 0 Å². The van der Waals surface area contributed by atoms with Crippen LogP contribution in [-0.4, -0.2) is 71.5 Å². The van der Waals surface area contributed by atoms with Gasteiger partial charge in [0.2, 0.25) is 5.91 Å². The molecule has 0 saturated carbocycles. The van der Waals surface area contributed by atoms with Gasteiger partial charge >= 0.3 is 0 Å². The number of thiazole rings is 1. The van der Waals surface area contributed by atoms with E-state index in [9.17, 15) is 13.6 Å². The van der Waals surface area contributed by atoms with Gasteiger partial charge in [-0.2, -0.15) is 0 Å². The van der Waals surface area contributed by atoms with Gasteiger partial charge < -0.3 is 9.64 Å². The van der Waals surface area contributed by atoms with Crippen molar-refractivity contribution < 1.29 is 18.3 Å². The van der Waals surface area contributed by atoms with Crippen molar-refractivity contribution in [2.45, 2.75) is 50.6 Å². The van der Waals surface area contributed by atoms with Crippen LogP contribution < -0.4 is 0 Å². The minimum Gasteiger partial charge on any atom is -0.380 e. The summed E-state index contributed by atoms with van der Waals surface area (Å²) in [7, 11) is 0. The molecule has 2 saturated heterocycles. The molecule has 1 aromatic heterocycles. The standard InChI is InChI=1S/C21H27F2N3O2S/c1-2-28-13-15-10-21(22,23)14-26(15)16-11-25(12-16)20(27)9-5-8-19-24-17-6-3-4-7-18(17)29-19/h3-4,6-7,15-16H,2,5,8-14H2,1H3/t15-/m0/s1. The molecule has 1 atom stereocenters. The predicted octanol–water partition coefficient (Wildman–Crippen LogP) is 3.58. The maximum atomic E-state index is 13.9. The average molecular weight is 424 g/mol. The van der Waals surface area contributed by atoms with Gasteiger partial charge in [-0.25, -0.2) is 13.8 Å². The highest BCUT2D eigenvalue weighted by molar-refractivity contribution is 7.18. The normalized spacial score (nSPS) is 22.3. The number of carbonyl (C=O) groups is 1. The second kappa shape index (κ2) is 8.62. The van der Waals surface area contributed by atoms with E-state index >= 15 is 0 Å². The quantitative estimate of drug-likeness (QED) is 0.651. The number of aromatic nitrogens is 1. The van der Waals surface area contributed by atoms with Crippen LogP contribution >= 0.6 is 11.3 Å². The summed E-state index contributed by atoms with van der Waals surface area (Å²) in [5.74, 6) is -2.56. The molecule has 2 aliphatic rings. The van der Waals surface area contributed by atoms with Crippen LogP contribution in [0.25, 0.3) is 10.2 Å². The number of halogens is 2. The van der Waals surface area contributed by atoms with Gasteiger partial charge in [0.25, 0.3) is 5.92 Å². The minimum absolute atomic E-state index is 0.0158. The molecule has 0 N–H and O–H groups in total. The van der Waals surface area contributed by atoms with Gasteiger partial charge in [0.05, 0.1) is 28.4 Å². The van der Waals surface area contributed by atoms with E-state index in [4.69, 9.17) is 4.74 Å². The summed E-state index contributed by atoms with van der Waals surface area (Å²) in [5.41, 5.74) is 1.01. The Balaban J connectivity index is 1.22. The SMILES string of the molecule is CCOC[C@@H]1CC(F)(F)CN1C1CN(C(=O)CCCc2nc3ccccc3s2)C1. The number of ether oxygens (including phenoxy) is 1. The van der Waals surface area contributed by atoms with E-state index in [1.54, 1.807) is 16.2 Å². The first-order chi connectivity index (χ1) is 13.9. The molecule has 8 heteroatoms. The summed E-state index contributed by atoms with van der Waals surface area (Å²) >= 11 is 1.68. The van der Waals surface area contributed by atoms with E-state index in [1.165, 1.54) is 4.70 Å². The maximum absolute atomic E-state index is 13.9. The van der Waals surface area contributed by atoms with Gasteiger partial charge in [0.1, 0.15) is 0 Å². The Morgan fingerprint density at radius 1 is 1.34 bits per heavy atom. The Labute approximate surface area is 173 Å². The zero-order chi connectivity index (χ0) is 20.4. The third-order valence-electron chi connectivity index (χ3n) is 5.74. The third kappa shape index (κ3) is 4.75. The Hall–Kier alpha value is -1.64. The van der Waals surface area contributed by atoms with Crippen molar-refractivity contribution in [1.29, 1.82) is 0 Å². The van der Waals surface area contributed by atoms with Crippen LogP contribution in [0.2, 0.25) is 0 Å². The van der Waals surface area contributed by atoms with Gasteiger partial charge in [-0.1, -0.05) is 12.1 Å². The van der Waals surface area contributed by atoms with E-state index in [0.29, 0.717) is 32.7 Å². The number of likely N-dealkylation sites (tertiary alicyclic amines) is 2. The number of para-hydroxylation sites is 1. The number of nitrogens with zero attached hydrogens (tertiary/aromatic N) is 3. The average Bonchev–Trinajstić information content (AvgIpc) is 3.18. The Bertz CT molecular complexity index is 820. The highest BCUT2D eigenvalue weighted by Gasteiger charge is 2.50. The lowest BCUT2D eigenvalue weighted by molar-refractivity contribution is -0.139. The number of rotatable bonds is 8. The minimum atomic E-state index is -2.66.